The molecule has 0 spiro atoms. The second-order valence-corrected chi connectivity index (χ2v) is 2.63. The van der Waals surface area contributed by atoms with Gasteiger partial charge in [-0.15, -0.1) is 0 Å². The molecule has 5 nitrogen and oxygen atoms in total. The Morgan fingerprint density at radius 3 is 3.00 bits per heavy atom. The first-order valence-corrected chi connectivity index (χ1v) is 3.56. The van der Waals surface area contributed by atoms with Crippen molar-refractivity contribution < 1.29 is 4.92 Å². The van der Waals surface area contributed by atoms with Gasteiger partial charge in [-0.2, -0.15) is 5.26 Å². The molecule has 0 unspecified atom stereocenters. The van der Waals surface area contributed by atoms with E-state index in [1.807, 2.05) is 0 Å². The fourth-order valence-corrected chi connectivity index (χ4v) is 1.07. The third kappa shape index (κ3) is 1.78. The molecule has 12 heavy (non-hydrogen) atoms. The molecule has 0 amide bonds. The van der Waals surface area contributed by atoms with E-state index in [-0.39, 0.29) is 10.0 Å². The van der Waals surface area contributed by atoms with Crippen LogP contribution in [-0.2, 0) is 0 Å². The van der Waals surface area contributed by atoms with Crippen molar-refractivity contribution >= 4 is 16.3 Å². The highest BCUT2D eigenvalue weighted by molar-refractivity contribution is 7.15. The first-order valence-electron chi connectivity index (χ1n) is 2.74. The van der Waals surface area contributed by atoms with E-state index in [0.717, 1.165) is 17.5 Å². The van der Waals surface area contributed by atoms with E-state index in [9.17, 15) is 10.1 Å². The first kappa shape index (κ1) is 8.18. The molecule has 0 saturated heterocycles. The summed E-state index contributed by atoms with van der Waals surface area (Å²) in [6.07, 6.45) is 1.12. The Hall–Kier alpha value is -1.92. The molecule has 1 heterocycles. The van der Waals surface area contributed by atoms with Crippen molar-refractivity contribution in [2.45, 2.75) is 0 Å². The lowest BCUT2D eigenvalue weighted by Gasteiger charge is -1.76. The molecule has 0 aromatic carbocycles. The monoisotopic (exact) mass is 179 g/mol. The standard InChI is InChI=1S/C6HN3O2S/c7-3-1-2-5-8-4-6(12-5)9(10)11/h4H. The number of rotatable bonds is 1. The van der Waals surface area contributed by atoms with E-state index in [0.29, 0.717) is 0 Å². The predicted molar refractivity (Wildman–Crippen MR) is 41.3 cm³/mol. The molecule has 0 atom stereocenters. The smallest absolute Gasteiger partial charge is 0.257 e. The quantitative estimate of drug-likeness (QED) is 0.365. The highest BCUT2D eigenvalue weighted by Gasteiger charge is 2.09. The Labute approximate surface area is 71.4 Å². The molecule has 1 aromatic heterocycles. The molecular weight excluding hydrogens is 178 g/mol. The summed E-state index contributed by atoms with van der Waals surface area (Å²) in [5, 5.41) is 18.4. The molecule has 1 aromatic rings. The minimum absolute atomic E-state index is 0.0720. The van der Waals surface area contributed by atoms with Crippen molar-refractivity contribution in [2.24, 2.45) is 0 Å². The summed E-state index contributed by atoms with van der Waals surface area (Å²) >= 11 is 0.846. The van der Waals surface area contributed by atoms with Gasteiger partial charge in [-0.3, -0.25) is 10.1 Å². The fourth-order valence-electron chi connectivity index (χ4n) is 0.489. The van der Waals surface area contributed by atoms with Gasteiger partial charge >= 0.3 is 5.00 Å². The molecule has 0 N–H and O–H groups in total. The molecule has 0 aliphatic carbocycles. The van der Waals surface area contributed by atoms with Crippen LogP contribution in [0.2, 0.25) is 0 Å². The number of thiazole rings is 1. The molecule has 0 aliphatic rings. The minimum atomic E-state index is -0.546. The van der Waals surface area contributed by atoms with E-state index < -0.39 is 4.92 Å². The third-order valence-electron chi connectivity index (χ3n) is 0.899. The number of hydrogen-bond acceptors (Lipinski definition) is 5. The Morgan fingerprint density at radius 1 is 1.75 bits per heavy atom. The van der Waals surface area contributed by atoms with E-state index in [1.54, 1.807) is 6.07 Å². The number of nitrogens with zero attached hydrogens (tertiary/aromatic N) is 3. The van der Waals surface area contributed by atoms with Crippen molar-refractivity contribution in [3.63, 3.8) is 0 Å². The molecule has 0 fully saturated rings. The first-order chi connectivity index (χ1) is 5.74. The SMILES string of the molecule is N#CC#Cc1ncc([N+](=O)[O-])s1. The summed E-state index contributed by atoms with van der Waals surface area (Å²) in [4.78, 5) is 13.2. The van der Waals surface area contributed by atoms with Gasteiger partial charge in [-0.25, -0.2) is 4.98 Å². The summed E-state index contributed by atoms with van der Waals surface area (Å²) in [6, 6.07) is 1.59. The third-order valence-corrected chi connectivity index (χ3v) is 1.76. The van der Waals surface area contributed by atoms with Crippen molar-refractivity contribution in [3.05, 3.63) is 21.3 Å². The summed E-state index contributed by atoms with van der Waals surface area (Å²) in [6.45, 7) is 0. The average Bonchev–Trinajstić information content (AvgIpc) is 2.48. The minimum Gasteiger partial charge on any atom is -0.257 e. The van der Waals surface area contributed by atoms with Crippen LogP contribution >= 0.6 is 11.3 Å². The van der Waals surface area contributed by atoms with Crippen LogP contribution in [0.3, 0.4) is 0 Å². The van der Waals surface area contributed by atoms with Crippen LogP contribution in [-0.4, -0.2) is 9.91 Å². The molecular formula is C6HN3O2S. The lowest BCUT2D eigenvalue weighted by Crippen LogP contribution is -1.80. The Balaban J connectivity index is 2.94. The maximum Gasteiger partial charge on any atom is 0.344 e. The zero-order chi connectivity index (χ0) is 8.97. The molecule has 1 rings (SSSR count). The zero-order valence-electron chi connectivity index (χ0n) is 5.64. The van der Waals surface area contributed by atoms with Gasteiger partial charge in [0, 0.05) is 5.92 Å². The molecule has 0 saturated carbocycles. The second-order valence-electron chi connectivity index (χ2n) is 1.62. The predicted octanol–water partition coefficient (Wildman–Crippen LogP) is 0.926. The van der Waals surface area contributed by atoms with Crippen LogP contribution in [0.15, 0.2) is 6.20 Å². The van der Waals surface area contributed by atoms with E-state index >= 15 is 0 Å². The number of nitro groups is 1. The van der Waals surface area contributed by atoms with Crippen LogP contribution < -0.4 is 0 Å². The highest BCUT2D eigenvalue weighted by atomic mass is 32.1. The second kappa shape index (κ2) is 3.46. The van der Waals surface area contributed by atoms with Gasteiger partial charge in [-0.05, 0) is 17.3 Å². The van der Waals surface area contributed by atoms with Crippen LogP contribution in [0.1, 0.15) is 5.01 Å². The number of aromatic nitrogens is 1. The van der Waals surface area contributed by atoms with Crippen molar-refractivity contribution in [1.29, 1.82) is 5.26 Å². The zero-order valence-corrected chi connectivity index (χ0v) is 6.46. The van der Waals surface area contributed by atoms with Crippen LogP contribution in [0, 0.1) is 33.3 Å². The fraction of sp³-hybridized carbons (Fsp3) is 0. The van der Waals surface area contributed by atoms with Gasteiger partial charge < -0.3 is 0 Å². The Kier molecular flexibility index (Phi) is 2.36. The molecule has 0 aliphatic heterocycles. The lowest BCUT2D eigenvalue weighted by atomic mass is 10.6. The Morgan fingerprint density at radius 2 is 2.50 bits per heavy atom. The van der Waals surface area contributed by atoms with Crippen molar-refractivity contribution in [1.82, 2.24) is 4.98 Å². The van der Waals surface area contributed by atoms with Crippen LogP contribution in [0.5, 0.6) is 0 Å². The summed E-state index contributed by atoms with van der Waals surface area (Å²) in [7, 11) is 0. The van der Waals surface area contributed by atoms with Gasteiger partial charge in [0.25, 0.3) is 0 Å². The van der Waals surface area contributed by atoms with Crippen LogP contribution in [0.4, 0.5) is 5.00 Å². The van der Waals surface area contributed by atoms with Crippen molar-refractivity contribution in [2.75, 3.05) is 0 Å². The topological polar surface area (TPSA) is 79.8 Å². The molecule has 58 valence electrons. The Bertz CT molecular complexity index is 406. The average molecular weight is 179 g/mol. The molecule has 0 bridgehead atoms. The summed E-state index contributed by atoms with van der Waals surface area (Å²) < 4.78 is 0. The summed E-state index contributed by atoms with van der Waals surface area (Å²) in [5.74, 6) is 4.46. The number of hydrogen-bond donors (Lipinski definition) is 0. The van der Waals surface area contributed by atoms with Gasteiger partial charge in [0.15, 0.2) is 11.1 Å². The summed E-state index contributed by atoms with van der Waals surface area (Å²) in [5.41, 5.74) is 0. The van der Waals surface area contributed by atoms with Crippen LogP contribution in [0.25, 0.3) is 0 Å². The lowest BCUT2D eigenvalue weighted by molar-refractivity contribution is -0.380. The van der Waals surface area contributed by atoms with Gasteiger partial charge in [0.05, 0.1) is 4.92 Å². The van der Waals surface area contributed by atoms with Gasteiger partial charge in [0.2, 0.25) is 0 Å². The molecule has 6 heteroatoms. The largest absolute Gasteiger partial charge is 0.344 e. The van der Waals surface area contributed by atoms with Crippen molar-refractivity contribution in [3.8, 4) is 17.9 Å². The normalized spacial score (nSPS) is 7.92. The number of nitriles is 1. The van der Waals surface area contributed by atoms with Gasteiger partial charge in [0.1, 0.15) is 6.20 Å². The maximum absolute atomic E-state index is 10.2. The van der Waals surface area contributed by atoms with Gasteiger partial charge in [-0.1, -0.05) is 0 Å². The molecule has 0 radical (unpaired) electrons. The van der Waals surface area contributed by atoms with E-state index in [4.69, 9.17) is 5.26 Å². The maximum atomic E-state index is 10.2. The highest BCUT2D eigenvalue weighted by Crippen LogP contribution is 2.19. The van der Waals surface area contributed by atoms with E-state index in [2.05, 4.69) is 16.8 Å². The van der Waals surface area contributed by atoms with E-state index in [1.165, 1.54) is 0 Å².